The van der Waals surface area contributed by atoms with E-state index in [1.807, 2.05) is 20.8 Å². The molecule has 0 saturated heterocycles. The van der Waals surface area contributed by atoms with E-state index in [9.17, 15) is 8.42 Å². The van der Waals surface area contributed by atoms with E-state index < -0.39 is 10.0 Å². The summed E-state index contributed by atoms with van der Waals surface area (Å²) in [5, 5.41) is 2.82. The number of rotatable bonds is 6. The van der Waals surface area contributed by atoms with Gasteiger partial charge in [0.15, 0.2) is 0 Å². The lowest BCUT2D eigenvalue weighted by Gasteiger charge is -2.23. The standard InChI is InChI=1S/C12H20BrN3O2S/c1-5-16(8-9(2)3)19(17,18)11-6-10(13)7-15-12(11)14-4/h6-7,9H,5,8H2,1-4H3,(H,14,15). The summed E-state index contributed by atoms with van der Waals surface area (Å²) in [6, 6.07) is 1.58. The van der Waals surface area contributed by atoms with Gasteiger partial charge in [-0.15, -0.1) is 0 Å². The first kappa shape index (κ1) is 16.4. The van der Waals surface area contributed by atoms with Crippen LogP contribution in [-0.4, -0.2) is 37.8 Å². The Morgan fingerprint density at radius 2 is 2.11 bits per heavy atom. The summed E-state index contributed by atoms with van der Waals surface area (Å²) in [6.45, 7) is 6.77. The maximum absolute atomic E-state index is 12.7. The molecule has 7 heteroatoms. The predicted molar refractivity (Wildman–Crippen MR) is 80.8 cm³/mol. The molecule has 0 aliphatic heterocycles. The van der Waals surface area contributed by atoms with Crippen LogP contribution in [0.15, 0.2) is 21.6 Å². The van der Waals surface area contributed by atoms with E-state index in [1.165, 1.54) is 4.31 Å². The van der Waals surface area contributed by atoms with Crippen molar-refractivity contribution in [1.82, 2.24) is 9.29 Å². The van der Waals surface area contributed by atoms with Crippen molar-refractivity contribution in [2.75, 3.05) is 25.5 Å². The van der Waals surface area contributed by atoms with Gasteiger partial charge in [-0.3, -0.25) is 0 Å². The van der Waals surface area contributed by atoms with Gasteiger partial charge in [0.2, 0.25) is 10.0 Å². The Labute approximate surface area is 123 Å². The minimum Gasteiger partial charge on any atom is -0.372 e. The molecule has 1 N–H and O–H groups in total. The first-order valence-electron chi connectivity index (χ1n) is 6.16. The molecule has 0 atom stereocenters. The number of halogens is 1. The second kappa shape index (κ2) is 6.67. The van der Waals surface area contributed by atoms with Gasteiger partial charge in [-0.2, -0.15) is 4.31 Å². The predicted octanol–water partition coefficient (Wildman–Crippen LogP) is 2.55. The van der Waals surface area contributed by atoms with E-state index in [1.54, 1.807) is 19.3 Å². The molecule has 19 heavy (non-hydrogen) atoms. The number of hydrogen-bond donors (Lipinski definition) is 1. The van der Waals surface area contributed by atoms with Gasteiger partial charge < -0.3 is 5.32 Å². The van der Waals surface area contributed by atoms with Crippen LogP contribution in [-0.2, 0) is 10.0 Å². The molecule has 0 aromatic carbocycles. The summed E-state index contributed by atoms with van der Waals surface area (Å²) in [5.74, 6) is 0.637. The summed E-state index contributed by atoms with van der Waals surface area (Å²) >= 11 is 3.27. The highest BCUT2D eigenvalue weighted by Gasteiger charge is 2.27. The highest BCUT2D eigenvalue weighted by Crippen LogP contribution is 2.26. The van der Waals surface area contributed by atoms with Crippen molar-refractivity contribution in [2.45, 2.75) is 25.7 Å². The molecule has 1 heterocycles. The normalized spacial score (nSPS) is 12.2. The van der Waals surface area contributed by atoms with Crippen LogP contribution in [0, 0.1) is 5.92 Å². The van der Waals surface area contributed by atoms with Crippen LogP contribution >= 0.6 is 15.9 Å². The van der Waals surface area contributed by atoms with Crippen molar-refractivity contribution in [3.63, 3.8) is 0 Å². The van der Waals surface area contributed by atoms with E-state index in [0.717, 1.165) is 0 Å². The van der Waals surface area contributed by atoms with E-state index in [-0.39, 0.29) is 10.8 Å². The summed E-state index contributed by atoms with van der Waals surface area (Å²) in [7, 11) is -1.87. The Kier molecular flexibility index (Phi) is 5.76. The molecule has 1 rings (SSSR count). The lowest BCUT2D eigenvalue weighted by atomic mass is 10.2. The molecule has 0 amide bonds. The number of aromatic nitrogens is 1. The molecule has 0 saturated carbocycles. The molecule has 5 nitrogen and oxygen atoms in total. The van der Waals surface area contributed by atoms with Crippen LogP contribution in [0.3, 0.4) is 0 Å². The second-order valence-corrected chi connectivity index (χ2v) is 7.42. The van der Waals surface area contributed by atoms with Crippen LogP contribution in [0.5, 0.6) is 0 Å². The summed E-state index contributed by atoms with van der Waals surface area (Å²) in [5.41, 5.74) is 0. The molecule has 0 radical (unpaired) electrons. The highest BCUT2D eigenvalue weighted by atomic mass is 79.9. The number of nitrogens with one attached hydrogen (secondary N) is 1. The first-order valence-corrected chi connectivity index (χ1v) is 8.39. The van der Waals surface area contributed by atoms with Gasteiger partial charge in [-0.25, -0.2) is 13.4 Å². The van der Waals surface area contributed by atoms with Gasteiger partial charge in [-0.05, 0) is 27.9 Å². The van der Waals surface area contributed by atoms with Crippen LogP contribution in [0.4, 0.5) is 5.82 Å². The summed E-state index contributed by atoms with van der Waals surface area (Å²) in [6.07, 6.45) is 1.57. The minimum absolute atomic E-state index is 0.201. The van der Waals surface area contributed by atoms with Crippen LogP contribution in [0.2, 0.25) is 0 Å². The van der Waals surface area contributed by atoms with E-state index in [0.29, 0.717) is 23.4 Å². The van der Waals surface area contributed by atoms with Crippen molar-refractivity contribution in [3.05, 3.63) is 16.7 Å². The average Bonchev–Trinajstić information content (AvgIpc) is 2.35. The monoisotopic (exact) mass is 349 g/mol. The zero-order chi connectivity index (χ0) is 14.6. The van der Waals surface area contributed by atoms with Gasteiger partial charge in [0.05, 0.1) is 0 Å². The number of nitrogens with zero attached hydrogens (tertiary/aromatic N) is 2. The lowest BCUT2D eigenvalue weighted by Crippen LogP contribution is -2.34. The summed E-state index contributed by atoms with van der Waals surface area (Å²) < 4.78 is 27.4. The maximum Gasteiger partial charge on any atom is 0.246 e. The smallest absolute Gasteiger partial charge is 0.246 e. The number of pyridine rings is 1. The van der Waals surface area contributed by atoms with Gasteiger partial charge in [0, 0.05) is 30.8 Å². The topological polar surface area (TPSA) is 62.3 Å². The van der Waals surface area contributed by atoms with Gasteiger partial charge >= 0.3 is 0 Å². The quantitative estimate of drug-likeness (QED) is 0.857. The van der Waals surface area contributed by atoms with Gasteiger partial charge in [-0.1, -0.05) is 20.8 Å². The van der Waals surface area contributed by atoms with E-state index >= 15 is 0 Å². The lowest BCUT2D eigenvalue weighted by molar-refractivity contribution is 0.381. The summed E-state index contributed by atoms with van der Waals surface area (Å²) in [4.78, 5) is 4.30. The van der Waals surface area contributed by atoms with Crippen molar-refractivity contribution in [3.8, 4) is 0 Å². The van der Waals surface area contributed by atoms with Crippen LogP contribution < -0.4 is 5.32 Å². The molecule has 0 fully saturated rings. The van der Waals surface area contributed by atoms with Crippen LogP contribution in [0.25, 0.3) is 0 Å². The average molecular weight is 350 g/mol. The molecule has 0 aliphatic rings. The Bertz CT molecular complexity index is 532. The fourth-order valence-electron chi connectivity index (χ4n) is 1.75. The number of anilines is 1. The molecule has 108 valence electrons. The molecule has 1 aromatic rings. The SMILES string of the molecule is CCN(CC(C)C)S(=O)(=O)c1cc(Br)cnc1NC. The molecular weight excluding hydrogens is 330 g/mol. The van der Waals surface area contributed by atoms with Crippen molar-refractivity contribution in [2.24, 2.45) is 5.92 Å². The zero-order valence-corrected chi connectivity index (χ0v) is 14.0. The van der Waals surface area contributed by atoms with Crippen molar-refractivity contribution >= 4 is 31.8 Å². The largest absolute Gasteiger partial charge is 0.372 e. The van der Waals surface area contributed by atoms with E-state index in [2.05, 4.69) is 26.2 Å². The molecule has 0 aliphatic carbocycles. The third-order valence-electron chi connectivity index (χ3n) is 2.60. The fourth-order valence-corrected chi connectivity index (χ4v) is 4.02. The van der Waals surface area contributed by atoms with Gasteiger partial charge in [0.1, 0.15) is 10.7 Å². The van der Waals surface area contributed by atoms with Gasteiger partial charge in [0.25, 0.3) is 0 Å². The molecule has 1 aromatic heterocycles. The molecule has 0 spiro atoms. The number of hydrogen-bond acceptors (Lipinski definition) is 4. The maximum atomic E-state index is 12.7. The first-order chi connectivity index (χ1) is 8.82. The molecule has 0 unspecified atom stereocenters. The Hall–Kier alpha value is -0.660. The minimum atomic E-state index is -3.53. The zero-order valence-electron chi connectivity index (χ0n) is 11.6. The third-order valence-corrected chi connectivity index (χ3v) is 4.98. The third kappa shape index (κ3) is 3.90. The Balaban J connectivity index is 3.28. The van der Waals surface area contributed by atoms with Crippen molar-refractivity contribution in [1.29, 1.82) is 0 Å². The Morgan fingerprint density at radius 3 is 2.58 bits per heavy atom. The van der Waals surface area contributed by atoms with Crippen molar-refractivity contribution < 1.29 is 8.42 Å². The second-order valence-electron chi connectivity index (χ2n) is 4.60. The van der Waals surface area contributed by atoms with E-state index in [4.69, 9.17) is 0 Å². The van der Waals surface area contributed by atoms with Crippen LogP contribution in [0.1, 0.15) is 20.8 Å². The Morgan fingerprint density at radius 1 is 1.47 bits per heavy atom. The fraction of sp³-hybridized carbons (Fsp3) is 0.583. The molecular formula is C12H20BrN3O2S. The highest BCUT2D eigenvalue weighted by molar-refractivity contribution is 9.10. The number of sulfonamides is 1. The molecule has 0 bridgehead atoms.